The minimum Gasteiger partial charge on any atom is -0.465 e. The fourth-order valence-electron chi connectivity index (χ4n) is 2.84. The first-order chi connectivity index (χ1) is 9.73. The molecule has 1 aromatic rings. The Morgan fingerprint density at radius 1 is 1.24 bits per heavy atom. The van der Waals surface area contributed by atoms with Crippen LogP contribution in [0.2, 0.25) is 0 Å². The van der Waals surface area contributed by atoms with E-state index in [1.807, 2.05) is 6.92 Å². The summed E-state index contributed by atoms with van der Waals surface area (Å²) in [4.78, 5) is 2.41. The first-order valence-corrected chi connectivity index (χ1v) is 7.94. The van der Waals surface area contributed by atoms with Crippen molar-refractivity contribution in [3.63, 3.8) is 0 Å². The highest BCUT2D eigenvalue weighted by Crippen LogP contribution is 2.19. The quantitative estimate of drug-likeness (QED) is 0.926. The smallest absolute Gasteiger partial charge is 0.118 e. The lowest BCUT2D eigenvalue weighted by Gasteiger charge is -2.34. The lowest BCUT2D eigenvalue weighted by Crippen LogP contribution is -2.44. The molecule has 0 spiro atoms. The Balaban J connectivity index is 1.95. The number of hydrogen-bond acceptors (Lipinski definition) is 4. The topological polar surface area (TPSA) is 37.6 Å². The Kier molecular flexibility index (Phi) is 5.12. The van der Waals surface area contributed by atoms with Gasteiger partial charge in [0.2, 0.25) is 0 Å². The van der Waals surface area contributed by atoms with Crippen LogP contribution < -0.4 is 5.32 Å². The zero-order valence-corrected chi connectivity index (χ0v) is 14.3. The lowest BCUT2D eigenvalue weighted by molar-refractivity contribution is -0.0718. The Labute approximate surface area is 128 Å². The Morgan fingerprint density at radius 2 is 1.86 bits per heavy atom. The van der Waals surface area contributed by atoms with Gasteiger partial charge in [0.15, 0.2) is 0 Å². The van der Waals surface area contributed by atoms with Crippen molar-refractivity contribution in [1.29, 1.82) is 0 Å². The predicted octanol–water partition coefficient (Wildman–Crippen LogP) is 3.09. The highest BCUT2D eigenvalue weighted by Gasteiger charge is 2.23. The highest BCUT2D eigenvalue weighted by atomic mass is 16.5. The standard InChI is InChI=1S/C17H30N2O2/c1-12-9-19(10-13(2)20-12)11-16-7-15(14(3)21-16)8-18-17(4,5)6/h7,12-13,18H,8-11H2,1-6H3/t12-,13+. The van der Waals surface area contributed by atoms with E-state index >= 15 is 0 Å². The van der Waals surface area contributed by atoms with Gasteiger partial charge in [0.1, 0.15) is 11.5 Å². The van der Waals surface area contributed by atoms with E-state index in [0.717, 1.165) is 37.7 Å². The van der Waals surface area contributed by atoms with Crippen molar-refractivity contribution >= 4 is 0 Å². The predicted molar refractivity (Wildman–Crippen MR) is 85.3 cm³/mol. The maximum Gasteiger partial charge on any atom is 0.118 e. The monoisotopic (exact) mass is 294 g/mol. The SMILES string of the molecule is Cc1oc(CN2C[C@@H](C)O[C@@H](C)C2)cc1CNC(C)(C)C. The molecule has 21 heavy (non-hydrogen) atoms. The van der Waals surface area contributed by atoms with Crippen LogP contribution in [-0.4, -0.2) is 35.7 Å². The van der Waals surface area contributed by atoms with Crippen LogP contribution in [0, 0.1) is 6.92 Å². The molecule has 0 radical (unpaired) electrons. The number of hydrogen-bond donors (Lipinski definition) is 1. The molecule has 2 heterocycles. The fourth-order valence-corrected chi connectivity index (χ4v) is 2.84. The van der Waals surface area contributed by atoms with Crippen LogP contribution in [0.15, 0.2) is 10.5 Å². The van der Waals surface area contributed by atoms with Crippen LogP contribution in [0.5, 0.6) is 0 Å². The van der Waals surface area contributed by atoms with Gasteiger partial charge in [-0.1, -0.05) is 0 Å². The molecule has 2 atom stereocenters. The molecule has 0 unspecified atom stereocenters. The zero-order valence-electron chi connectivity index (χ0n) is 14.3. The molecule has 1 fully saturated rings. The van der Waals surface area contributed by atoms with Crippen molar-refractivity contribution < 1.29 is 9.15 Å². The van der Waals surface area contributed by atoms with Crippen molar-refractivity contribution in [1.82, 2.24) is 10.2 Å². The Hall–Kier alpha value is -0.840. The molecule has 0 aliphatic carbocycles. The number of morpholine rings is 1. The molecule has 0 amide bonds. The molecule has 4 heteroatoms. The van der Waals surface area contributed by atoms with Gasteiger partial charge in [-0.05, 0) is 47.6 Å². The summed E-state index contributed by atoms with van der Waals surface area (Å²) in [5.74, 6) is 2.08. The summed E-state index contributed by atoms with van der Waals surface area (Å²) in [6.45, 7) is 16.5. The number of ether oxygens (including phenoxy) is 1. The van der Waals surface area contributed by atoms with Gasteiger partial charge in [-0.15, -0.1) is 0 Å². The first kappa shape index (κ1) is 16.5. The zero-order chi connectivity index (χ0) is 15.6. The maximum absolute atomic E-state index is 5.93. The third kappa shape index (κ3) is 5.13. The number of nitrogens with zero attached hydrogens (tertiary/aromatic N) is 1. The van der Waals surface area contributed by atoms with Gasteiger partial charge >= 0.3 is 0 Å². The van der Waals surface area contributed by atoms with E-state index in [4.69, 9.17) is 9.15 Å². The molecule has 4 nitrogen and oxygen atoms in total. The van der Waals surface area contributed by atoms with Crippen LogP contribution in [0.1, 0.15) is 51.7 Å². The van der Waals surface area contributed by atoms with Gasteiger partial charge in [0.05, 0.1) is 18.8 Å². The molecule has 1 saturated heterocycles. The third-order valence-corrected chi connectivity index (χ3v) is 3.76. The molecule has 2 rings (SSSR count). The summed E-state index contributed by atoms with van der Waals surface area (Å²) in [7, 11) is 0. The van der Waals surface area contributed by atoms with Crippen molar-refractivity contribution in [2.24, 2.45) is 0 Å². The van der Waals surface area contributed by atoms with Crippen LogP contribution in [0.4, 0.5) is 0 Å². The van der Waals surface area contributed by atoms with E-state index in [9.17, 15) is 0 Å². The second kappa shape index (κ2) is 6.51. The summed E-state index contributed by atoms with van der Waals surface area (Å²) in [5, 5.41) is 3.52. The van der Waals surface area contributed by atoms with Crippen LogP contribution in [-0.2, 0) is 17.8 Å². The van der Waals surface area contributed by atoms with Gasteiger partial charge in [0.25, 0.3) is 0 Å². The second-order valence-electron chi connectivity index (χ2n) is 7.35. The molecule has 1 N–H and O–H groups in total. The van der Waals surface area contributed by atoms with E-state index in [0.29, 0.717) is 12.2 Å². The number of rotatable bonds is 4. The first-order valence-electron chi connectivity index (χ1n) is 7.94. The van der Waals surface area contributed by atoms with Gasteiger partial charge in [-0.3, -0.25) is 4.90 Å². The number of nitrogens with one attached hydrogen (secondary N) is 1. The number of furan rings is 1. The third-order valence-electron chi connectivity index (χ3n) is 3.76. The molecule has 1 aliphatic heterocycles. The van der Waals surface area contributed by atoms with Gasteiger partial charge < -0.3 is 14.5 Å². The molecule has 1 aliphatic rings. The highest BCUT2D eigenvalue weighted by molar-refractivity contribution is 5.21. The molecule has 0 bridgehead atoms. The maximum atomic E-state index is 5.93. The van der Waals surface area contributed by atoms with Gasteiger partial charge in [0, 0.05) is 30.7 Å². The summed E-state index contributed by atoms with van der Waals surface area (Å²) < 4.78 is 11.7. The minimum absolute atomic E-state index is 0.124. The van der Waals surface area contributed by atoms with E-state index in [-0.39, 0.29) is 5.54 Å². The minimum atomic E-state index is 0.124. The van der Waals surface area contributed by atoms with Gasteiger partial charge in [-0.2, -0.15) is 0 Å². The molecule has 120 valence electrons. The van der Waals surface area contributed by atoms with Crippen LogP contribution in [0.25, 0.3) is 0 Å². The summed E-state index contributed by atoms with van der Waals surface area (Å²) >= 11 is 0. The van der Waals surface area contributed by atoms with Crippen molar-refractivity contribution in [2.45, 2.75) is 72.4 Å². The normalized spacial score (nSPS) is 24.5. The number of aryl methyl sites for hydroxylation is 1. The van der Waals surface area contributed by atoms with Crippen molar-refractivity contribution in [2.75, 3.05) is 13.1 Å². The summed E-state index contributed by atoms with van der Waals surface area (Å²) in [6, 6.07) is 2.19. The molecule has 0 aromatic carbocycles. The van der Waals surface area contributed by atoms with E-state index in [1.165, 1.54) is 5.56 Å². The average Bonchev–Trinajstić information content (AvgIpc) is 2.64. The Morgan fingerprint density at radius 3 is 2.43 bits per heavy atom. The van der Waals surface area contributed by atoms with Crippen molar-refractivity contribution in [3.05, 3.63) is 23.2 Å². The largest absolute Gasteiger partial charge is 0.465 e. The average molecular weight is 294 g/mol. The van der Waals surface area contributed by atoms with Crippen LogP contribution >= 0.6 is 0 Å². The second-order valence-corrected chi connectivity index (χ2v) is 7.35. The molecule has 1 aromatic heterocycles. The summed E-state index contributed by atoms with van der Waals surface area (Å²) in [6.07, 6.45) is 0.596. The molecular weight excluding hydrogens is 264 g/mol. The van der Waals surface area contributed by atoms with Crippen LogP contribution in [0.3, 0.4) is 0 Å². The van der Waals surface area contributed by atoms with E-state index in [1.54, 1.807) is 0 Å². The fraction of sp³-hybridized carbons (Fsp3) is 0.765. The Bertz CT molecular complexity index is 452. The molecule has 0 saturated carbocycles. The van der Waals surface area contributed by atoms with Crippen molar-refractivity contribution in [3.8, 4) is 0 Å². The summed E-state index contributed by atoms with van der Waals surface area (Å²) in [5.41, 5.74) is 1.38. The van der Waals surface area contributed by atoms with E-state index in [2.05, 4.69) is 50.9 Å². The molecular formula is C17H30N2O2. The van der Waals surface area contributed by atoms with E-state index < -0.39 is 0 Å². The van der Waals surface area contributed by atoms with Gasteiger partial charge in [-0.25, -0.2) is 0 Å². The lowest BCUT2D eigenvalue weighted by atomic mass is 10.1.